The van der Waals surface area contributed by atoms with Crippen LogP contribution in [0.4, 0.5) is 13.2 Å². The van der Waals surface area contributed by atoms with Gasteiger partial charge < -0.3 is 4.74 Å². The Morgan fingerprint density at radius 1 is 1.26 bits per heavy atom. The van der Waals surface area contributed by atoms with Gasteiger partial charge in [0.2, 0.25) is 0 Å². The van der Waals surface area contributed by atoms with Gasteiger partial charge in [-0.15, -0.1) is 0 Å². The van der Waals surface area contributed by atoms with Crippen LogP contribution in [-0.4, -0.2) is 33.3 Å². The molecule has 0 aliphatic heterocycles. The predicted molar refractivity (Wildman–Crippen MR) is 77.6 cm³/mol. The van der Waals surface area contributed by atoms with E-state index in [1.165, 1.54) is 24.5 Å². The summed E-state index contributed by atoms with van der Waals surface area (Å²) >= 11 is 0.866. The van der Waals surface area contributed by atoms with Crippen LogP contribution in [0, 0.1) is 0 Å². The van der Waals surface area contributed by atoms with Crippen LogP contribution in [0.5, 0.6) is 0 Å². The van der Waals surface area contributed by atoms with Crippen LogP contribution in [0.3, 0.4) is 0 Å². The SMILES string of the molecule is CCOC(=O)CSc1cc(C(F)(F)F)nc(-c2ccncc2)n1. The van der Waals surface area contributed by atoms with Crippen LogP contribution in [-0.2, 0) is 15.7 Å². The summed E-state index contributed by atoms with van der Waals surface area (Å²) in [5, 5.41) is 0.0483. The normalized spacial score (nSPS) is 11.3. The van der Waals surface area contributed by atoms with Crippen molar-refractivity contribution >= 4 is 17.7 Å². The third-order valence-electron chi connectivity index (χ3n) is 2.57. The maximum Gasteiger partial charge on any atom is 0.433 e. The number of hydrogen-bond donors (Lipinski definition) is 0. The number of nitrogens with zero attached hydrogens (tertiary/aromatic N) is 3. The highest BCUT2D eigenvalue weighted by Gasteiger charge is 2.34. The van der Waals surface area contributed by atoms with E-state index in [1.807, 2.05) is 0 Å². The maximum atomic E-state index is 13.0. The van der Waals surface area contributed by atoms with Crippen LogP contribution >= 0.6 is 11.8 Å². The van der Waals surface area contributed by atoms with Gasteiger partial charge >= 0.3 is 12.1 Å². The van der Waals surface area contributed by atoms with Crippen molar-refractivity contribution in [1.82, 2.24) is 15.0 Å². The second-order valence-corrected chi connectivity index (χ2v) is 5.24. The summed E-state index contributed by atoms with van der Waals surface area (Å²) in [5.74, 6) is -0.721. The van der Waals surface area contributed by atoms with Crippen molar-refractivity contribution in [1.29, 1.82) is 0 Å². The Morgan fingerprint density at radius 2 is 1.96 bits per heavy atom. The predicted octanol–water partition coefficient (Wildman–Crippen LogP) is 3.21. The summed E-state index contributed by atoms with van der Waals surface area (Å²) < 4.78 is 43.7. The molecule has 2 aromatic heterocycles. The van der Waals surface area contributed by atoms with Crippen LogP contribution in [0.1, 0.15) is 12.6 Å². The summed E-state index contributed by atoms with van der Waals surface area (Å²) in [7, 11) is 0. The molecule has 2 heterocycles. The average Bonchev–Trinajstić information content (AvgIpc) is 2.53. The number of halogens is 3. The molecule has 0 fully saturated rings. The van der Waals surface area contributed by atoms with Gasteiger partial charge in [-0.1, -0.05) is 11.8 Å². The Balaban J connectivity index is 2.33. The van der Waals surface area contributed by atoms with Gasteiger partial charge in [-0.25, -0.2) is 9.97 Å². The second-order valence-electron chi connectivity index (χ2n) is 4.24. The molecule has 0 unspecified atom stereocenters. The first kappa shape index (κ1) is 17.2. The first-order valence-electron chi connectivity index (χ1n) is 6.55. The Kier molecular flexibility index (Phi) is 5.54. The number of carbonyl (C=O) groups excluding carboxylic acids is 1. The van der Waals surface area contributed by atoms with Gasteiger partial charge in [0, 0.05) is 24.0 Å². The quantitative estimate of drug-likeness (QED) is 0.472. The smallest absolute Gasteiger partial charge is 0.433 e. The fourth-order valence-electron chi connectivity index (χ4n) is 1.61. The molecular weight excluding hydrogens is 331 g/mol. The number of aromatic nitrogens is 3. The van der Waals surface area contributed by atoms with Gasteiger partial charge in [-0.2, -0.15) is 13.2 Å². The van der Waals surface area contributed by atoms with Gasteiger partial charge in [0.15, 0.2) is 5.82 Å². The van der Waals surface area contributed by atoms with E-state index in [2.05, 4.69) is 15.0 Å². The Bertz CT molecular complexity index is 681. The monoisotopic (exact) mass is 343 g/mol. The van der Waals surface area contributed by atoms with E-state index >= 15 is 0 Å². The minimum Gasteiger partial charge on any atom is -0.465 e. The van der Waals surface area contributed by atoms with Crippen molar-refractivity contribution in [3.05, 3.63) is 36.3 Å². The molecule has 0 aliphatic carbocycles. The summed E-state index contributed by atoms with van der Waals surface area (Å²) in [6.07, 6.45) is -1.74. The van der Waals surface area contributed by atoms with Crippen LogP contribution in [0.15, 0.2) is 35.6 Å². The molecule has 5 nitrogen and oxygen atoms in total. The van der Waals surface area contributed by atoms with Crippen molar-refractivity contribution in [3.63, 3.8) is 0 Å². The fraction of sp³-hybridized carbons (Fsp3) is 0.286. The van der Waals surface area contributed by atoms with E-state index in [0.29, 0.717) is 5.56 Å². The van der Waals surface area contributed by atoms with Gasteiger partial charge in [0.1, 0.15) is 10.7 Å². The molecular formula is C14H12F3N3O2S. The molecule has 0 saturated carbocycles. The molecule has 0 amide bonds. The van der Waals surface area contributed by atoms with Crippen molar-refractivity contribution in [2.75, 3.05) is 12.4 Å². The Hall–Kier alpha value is -2.16. The zero-order valence-electron chi connectivity index (χ0n) is 12.0. The van der Waals surface area contributed by atoms with E-state index in [4.69, 9.17) is 4.74 Å². The highest BCUT2D eigenvalue weighted by atomic mass is 32.2. The van der Waals surface area contributed by atoms with Crippen molar-refractivity contribution in [2.45, 2.75) is 18.1 Å². The molecule has 0 N–H and O–H groups in total. The van der Waals surface area contributed by atoms with Crippen LogP contribution in [0.25, 0.3) is 11.4 Å². The summed E-state index contributed by atoms with van der Waals surface area (Å²) in [5.41, 5.74) is -0.658. The molecule has 0 atom stereocenters. The number of pyridine rings is 1. The second kappa shape index (κ2) is 7.40. The maximum absolute atomic E-state index is 13.0. The van der Waals surface area contributed by atoms with Gasteiger partial charge in [-0.05, 0) is 19.1 Å². The van der Waals surface area contributed by atoms with E-state index < -0.39 is 17.8 Å². The number of hydrogen-bond acceptors (Lipinski definition) is 6. The molecule has 0 radical (unpaired) electrons. The summed E-state index contributed by atoms with van der Waals surface area (Å²) in [6.45, 7) is 1.86. The molecule has 2 aromatic rings. The van der Waals surface area contributed by atoms with Crippen molar-refractivity contribution in [2.24, 2.45) is 0 Å². The highest BCUT2D eigenvalue weighted by Crippen LogP contribution is 2.31. The van der Waals surface area contributed by atoms with Crippen LogP contribution < -0.4 is 0 Å². The van der Waals surface area contributed by atoms with Crippen molar-refractivity contribution < 1.29 is 22.7 Å². The number of alkyl halides is 3. The number of esters is 1. The zero-order chi connectivity index (χ0) is 16.9. The molecule has 122 valence electrons. The molecule has 0 aromatic carbocycles. The van der Waals surface area contributed by atoms with E-state index in [9.17, 15) is 18.0 Å². The van der Waals surface area contributed by atoms with Gasteiger partial charge in [0.25, 0.3) is 0 Å². The number of carbonyl (C=O) groups is 1. The third kappa shape index (κ3) is 4.92. The van der Waals surface area contributed by atoms with E-state index in [-0.39, 0.29) is 23.2 Å². The molecule has 0 aliphatic rings. The van der Waals surface area contributed by atoms with Crippen LogP contribution in [0.2, 0.25) is 0 Å². The Morgan fingerprint density at radius 3 is 2.57 bits per heavy atom. The number of thioether (sulfide) groups is 1. The van der Waals surface area contributed by atoms with Gasteiger partial charge in [0.05, 0.1) is 12.4 Å². The fourth-order valence-corrected chi connectivity index (χ4v) is 2.30. The molecule has 23 heavy (non-hydrogen) atoms. The Labute approximate surface area is 134 Å². The minimum atomic E-state index is -4.61. The molecule has 2 rings (SSSR count). The van der Waals surface area contributed by atoms with Crippen molar-refractivity contribution in [3.8, 4) is 11.4 Å². The number of ether oxygens (including phenoxy) is 1. The molecule has 0 spiro atoms. The lowest BCUT2D eigenvalue weighted by molar-refractivity contribution is -0.141. The zero-order valence-corrected chi connectivity index (χ0v) is 12.8. The topological polar surface area (TPSA) is 65.0 Å². The minimum absolute atomic E-state index is 0.0483. The lowest BCUT2D eigenvalue weighted by Gasteiger charge is -2.10. The average molecular weight is 343 g/mol. The van der Waals surface area contributed by atoms with E-state index in [0.717, 1.165) is 17.8 Å². The summed E-state index contributed by atoms with van der Waals surface area (Å²) in [6, 6.07) is 3.83. The standard InChI is InChI=1S/C14H12F3N3O2S/c1-2-22-12(21)8-23-11-7-10(14(15,16)17)19-13(20-11)9-3-5-18-6-4-9/h3-7H,2,8H2,1H3. The van der Waals surface area contributed by atoms with E-state index in [1.54, 1.807) is 6.92 Å². The molecule has 0 bridgehead atoms. The third-order valence-corrected chi connectivity index (χ3v) is 3.46. The number of rotatable bonds is 5. The molecule has 9 heteroatoms. The highest BCUT2D eigenvalue weighted by molar-refractivity contribution is 7.99. The largest absolute Gasteiger partial charge is 0.465 e. The first-order valence-corrected chi connectivity index (χ1v) is 7.54. The lowest BCUT2D eigenvalue weighted by atomic mass is 10.2. The first-order chi connectivity index (χ1) is 10.9. The van der Waals surface area contributed by atoms with Gasteiger partial charge in [-0.3, -0.25) is 9.78 Å². The molecule has 0 saturated heterocycles. The summed E-state index contributed by atoms with van der Waals surface area (Å²) in [4.78, 5) is 22.7. The lowest BCUT2D eigenvalue weighted by Crippen LogP contribution is -2.11.